The molecule has 1 aliphatic heterocycles. The molecule has 1 amide bonds. The summed E-state index contributed by atoms with van der Waals surface area (Å²) in [6.07, 6.45) is 1.09. The summed E-state index contributed by atoms with van der Waals surface area (Å²) in [5, 5.41) is 2.86. The first-order valence-corrected chi connectivity index (χ1v) is 8.78. The van der Waals surface area contributed by atoms with Crippen LogP contribution in [0.15, 0.2) is 72.8 Å². The van der Waals surface area contributed by atoms with Crippen LogP contribution in [0.3, 0.4) is 0 Å². The summed E-state index contributed by atoms with van der Waals surface area (Å²) >= 11 is 0. The molecule has 0 saturated carbocycles. The summed E-state index contributed by atoms with van der Waals surface area (Å²) in [5.74, 6) is -0.152. The third-order valence-corrected chi connectivity index (χ3v) is 4.78. The van der Waals surface area contributed by atoms with E-state index in [0.717, 1.165) is 19.5 Å². The number of nitrogen functional groups attached to an aromatic ring is 1. The van der Waals surface area contributed by atoms with E-state index in [4.69, 9.17) is 5.73 Å². The molecule has 0 atom stereocenters. The molecule has 0 aliphatic carbocycles. The molecule has 4 rings (SSSR count). The second-order valence-electron chi connectivity index (χ2n) is 6.54. The number of amides is 1. The summed E-state index contributed by atoms with van der Waals surface area (Å²) in [6.45, 7) is 1.89. The number of carbonyl (C=O) groups is 1. The van der Waals surface area contributed by atoms with Crippen molar-refractivity contribution in [2.45, 2.75) is 13.0 Å². The van der Waals surface area contributed by atoms with E-state index in [1.807, 2.05) is 36.4 Å². The molecule has 0 saturated heterocycles. The van der Waals surface area contributed by atoms with Gasteiger partial charge in [0.05, 0.1) is 11.4 Å². The van der Waals surface area contributed by atoms with Gasteiger partial charge in [0.1, 0.15) is 0 Å². The zero-order valence-electron chi connectivity index (χ0n) is 14.5. The highest BCUT2D eigenvalue weighted by Crippen LogP contribution is 2.28. The first kappa shape index (κ1) is 16.2. The summed E-state index contributed by atoms with van der Waals surface area (Å²) in [5.41, 5.74) is 11.6. The predicted octanol–water partition coefficient (Wildman–Crippen LogP) is 4.08. The Morgan fingerprint density at radius 3 is 2.50 bits per heavy atom. The highest BCUT2D eigenvalue weighted by atomic mass is 16.1. The maximum Gasteiger partial charge on any atom is 0.255 e. The third kappa shape index (κ3) is 3.26. The number of nitrogens with one attached hydrogen (secondary N) is 1. The number of nitrogens with zero attached hydrogens (tertiary/aromatic N) is 1. The summed E-state index contributed by atoms with van der Waals surface area (Å²) in [7, 11) is 0. The van der Waals surface area contributed by atoms with Crippen molar-refractivity contribution in [2.24, 2.45) is 0 Å². The number of nitrogens with two attached hydrogens (primary N) is 1. The number of carbonyl (C=O) groups excluding carboxylic acids is 1. The number of anilines is 3. The number of para-hydroxylation sites is 3. The van der Waals surface area contributed by atoms with Crippen LogP contribution < -0.4 is 16.0 Å². The van der Waals surface area contributed by atoms with E-state index in [0.29, 0.717) is 16.9 Å². The number of rotatable bonds is 4. The maximum atomic E-state index is 12.4. The molecule has 1 heterocycles. The molecule has 4 nitrogen and oxygen atoms in total. The van der Waals surface area contributed by atoms with Crippen LogP contribution in [-0.2, 0) is 13.0 Å². The van der Waals surface area contributed by atoms with Crippen molar-refractivity contribution >= 4 is 23.0 Å². The molecule has 26 heavy (non-hydrogen) atoms. The molecule has 4 heteroatoms. The van der Waals surface area contributed by atoms with Gasteiger partial charge in [-0.25, -0.2) is 0 Å². The van der Waals surface area contributed by atoms with E-state index < -0.39 is 0 Å². The highest BCUT2D eigenvalue weighted by Gasteiger charge is 2.18. The van der Waals surface area contributed by atoms with Crippen molar-refractivity contribution in [2.75, 3.05) is 22.5 Å². The van der Waals surface area contributed by atoms with Gasteiger partial charge >= 0.3 is 0 Å². The number of benzene rings is 3. The highest BCUT2D eigenvalue weighted by molar-refractivity contribution is 6.05. The topological polar surface area (TPSA) is 58.4 Å². The average Bonchev–Trinajstić information content (AvgIpc) is 3.07. The van der Waals surface area contributed by atoms with Crippen LogP contribution in [0.1, 0.15) is 21.5 Å². The Labute approximate surface area is 153 Å². The smallest absolute Gasteiger partial charge is 0.255 e. The zero-order chi connectivity index (χ0) is 17.9. The van der Waals surface area contributed by atoms with Crippen molar-refractivity contribution in [3.8, 4) is 0 Å². The summed E-state index contributed by atoms with van der Waals surface area (Å²) in [4.78, 5) is 14.8. The van der Waals surface area contributed by atoms with Crippen LogP contribution in [0.2, 0.25) is 0 Å². The normalized spacial score (nSPS) is 12.7. The van der Waals surface area contributed by atoms with E-state index in [9.17, 15) is 4.79 Å². The van der Waals surface area contributed by atoms with Crippen molar-refractivity contribution in [1.82, 2.24) is 0 Å². The van der Waals surface area contributed by atoms with Crippen molar-refractivity contribution in [1.29, 1.82) is 0 Å². The Hall–Kier alpha value is -3.27. The minimum atomic E-state index is -0.152. The first-order chi connectivity index (χ1) is 12.7. The lowest BCUT2D eigenvalue weighted by Gasteiger charge is -2.19. The predicted molar refractivity (Wildman–Crippen MR) is 106 cm³/mol. The van der Waals surface area contributed by atoms with E-state index in [1.165, 1.54) is 16.8 Å². The molecular formula is C22H21N3O. The molecule has 3 aromatic carbocycles. The van der Waals surface area contributed by atoms with Crippen molar-refractivity contribution in [3.63, 3.8) is 0 Å². The Kier molecular flexibility index (Phi) is 4.32. The summed E-state index contributed by atoms with van der Waals surface area (Å²) < 4.78 is 0. The van der Waals surface area contributed by atoms with E-state index in [2.05, 4.69) is 34.5 Å². The van der Waals surface area contributed by atoms with Gasteiger partial charge in [0, 0.05) is 24.3 Å². The fraction of sp³-hybridized carbons (Fsp3) is 0.136. The fourth-order valence-corrected chi connectivity index (χ4v) is 3.36. The van der Waals surface area contributed by atoms with Crippen LogP contribution in [0, 0.1) is 0 Å². The molecule has 130 valence electrons. The fourth-order valence-electron chi connectivity index (χ4n) is 3.36. The van der Waals surface area contributed by atoms with Crippen molar-refractivity contribution < 1.29 is 4.79 Å². The average molecular weight is 343 g/mol. The second kappa shape index (κ2) is 6.92. The van der Waals surface area contributed by atoms with Gasteiger partial charge in [-0.2, -0.15) is 0 Å². The third-order valence-electron chi connectivity index (χ3n) is 4.78. The van der Waals surface area contributed by atoms with Gasteiger partial charge in [-0.05, 0) is 47.9 Å². The molecule has 0 spiro atoms. The minimum absolute atomic E-state index is 0.152. The first-order valence-electron chi connectivity index (χ1n) is 8.78. The minimum Gasteiger partial charge on any atom is -0.397 e. The van der Waals surface area contributed by atoms with Gasteiger partial charge in [0.2, 0.25) is 0 Å². The van der Waals surface area contributed by atoms with Gasteiger partial charge in [-0.1, -0.05) is 42.5 Å². The molecular weight excluding hydrogens is 322 g/mol. The SMILES string of the molecule is Nc1ccccc1NC(=O)c1ccc(CN2CCc3ccccc32)cc1. The second-order valence-corrected chi connectivity index (χ2v) is 6.54. The molecule has 0 fully saturated rings. The van der Waals surface area contributed by atoms with Gasteiger partial charge in [0.25, 0.3) is 5.91 Å². The van der Waals surface area contributed by atoms with Gasteiger partial charge < -0.3 is 16.0 Å². The van der Waals surface area contributed by atoms with Crippen molar-refractivity contribution in [3.05, 3.63) is 89.5 Å². The Balaban J connectivity index is 1.44. The lowest BCUT2D eigenvalue weighted by Crippen LogP contribution is -2.19. The van der Waals surface area contributed by atoms with Crippen LogP contribution in [0.5, 0.6) is 0 Å². The largest absolute Gasteiger partial charge is 0.397 e. The van der Waals surface area contributed by atoms with Gasteiger partial charge in [-0.15, -0.1) is 0 Å². The molecule has 0 radical (unpaired) electrons. The van der Waals surface area contributed by atoms with E-state index >= 15 is 0 Å². The monoisotopic (exact) mass is 343 g/mol. The zero-order valence-corrected chi connectivity index (χ0v) is 14.5. The number of hydrogen-bond donors (Lipinski definition) is 2. The maximum absolute atomic E-state index is 12.4. The van der Waals surface area contributed by atoms with E-state index in [-0.39, 0.29) is 5.91 Å². The quantitative estimate of drug-likeness (QED) is 0.702. The number of hydrogen-bond acceptors (Lipinski definition) is 3. The number of fused-ring (bicyclic) bond motifs is 1. The van der Waals surface area contributed by atoms with Crippen LogP contribution >= 0.6 is 0 Å². The van der Waals surface area contributed by atoms with E-state index in [1.54, 1.807) is 12.1 Å². The lowest BCUT2D eigenvalue weighted by atomic mass is 10.1. The standard InChI is InChI=1S/C22H21N3O/c23-19-6-2-3-7-20(19)24-22(26)18-11-9-16(10-12-18)15-25-14-13-17-5-1-4-8-21(17)25/h1-12H,13-15,23H2,(H,24,26). The Morgan fingerprint density at radius 1 is 0.962 bits per heavy atom. The van der Waals surface area contributed by atoms with Gasteiger partial charge in [0.15, 0.2) is 0 Å². The van der Waals surface area contributed by atoms with Crippen LogP contribution in [-0.4, -0.2) is 12.5 Å². The van der Waals surface area contributed by atoms with Crippen LogP contribution in [0.4, 0.5) is 17.1 Å². The molecule has 0 aromatic heterocycles. The summed E-state index contributed by atoms with van der Waals surface area (Å²) in [6, 6.07) is 23.6. The van der Waals surface area contributed by atoms with Gasteiger partial charge in [-0.3, -0.25) is 4.79 Å². The molecule has 3 N–H and O–H groups in total. The van der Waals surface area contributed by atoms with Crippen LogP contribution in [0.25, 0.3) is 0 Å². The molecule has 0 bridgehead atoms. The Morgan fingerprint density at radius 2 is 1.69 bits per heavy atom. The molecule has 1 aliphatic rings. The molecule has 0 unspecified atom stereocenters. The molecule has 3 aromatic rings. The Bertz CT molecular complexity index is 934. The lowest BCUT2D eigenvalue weighted by molar-refractivity contribution is 0.102.